The van der Waals surface area contributed by atoms with Gasteiger partial charge in [-0.1, -0.05) is 42.5 Å². The van der Waals surface area contributed by atoms with E-state index in [-0.39, 0.29) is 18.4 Å². The number of hydrogen-bond donors (Lipinski definition) is 0. The van der Waals surface area contributed by atoms with E-state index in [2.05, 4.69) is 4.98 Å². The van der Waals surface area contributed by atoms with Crippen LogP contribution in [0.1, 0.15) is 17.5 Å². The molecule has 0 N–H and O–H groups in total. The molecular formula is C21H17F4NO. The van der Waals surface area contributed by atoms with Crippen LogP contribution in [0.3, 0.4) is 0 Å². The molecule has 0 bridgehead atoms. The summed E-state index contributed by atoms with van der Waals surface area (Å²) in [6.07, 6.45) is -4.41. The van der Waals surface area contributed by atoms with Gasteiger partial charge in [-0.05, 0) is 29.7 Å². The number of ketones is 1. The van der Waals surface area contributed by atoms with Gasteiger partial charge >= 0.3 is 6.18 Å². The lowest BCUT2D eigenvalue weighted by Crippen LogP contribution is -2.26. The first kappa shape index (κ1) is 19.0. The van der Waals surface area contributed by atoms with Crippen LogP contribution >= 0.6 is 0 Å². The van der Waals surface area contributed by atoms with Gasteiger partial charge in [-0.3, -0.25) is 9.78 Å². The molecule has 1 aromatic heterocycles. The van der Waals surface area contributed by atoms with Crippen molar-refractivity contribution in [1.82, 2.24) is 4.98 Å². The van der Waals surface area contributed by atoms with Crippen molar-refractivity contribution in [1.29, 1.82) is 0 Å². The fraction of sp³-hybridized carbons (Fsp3) is 0.238. The van der Waals surface area contributed by atoms with Crippen LogP contribution in [-0.4, -0.2) is 16.9 Å². The van der Waals surface area contributed by atoms with Crippen LogP contribution in [0.15, 0.2) is 60.8 Å². The molecule has 140 valence electrons. The van der Waals surface area contributed by atoms with Crippen molar-refractivity contribution in [2.75, 3.05) is 0 Å². The van der Waals surface area contributed by atoms with Crippen LogP contribution in [0.25, 0.3) is 10.9 Å². The van der Waals surface area contributed by atoms with Gasteiger partial charge < -0.3 is 0 Å². The van der Waals surface area contributed by atoms with Gasteiger partial charge in [0.15, 0.2) is 0 Å². The van der Waals surface area contributed by atoms with E-state index in [4.69, 9.17) is 0 Å². The molecule has 3 rings (SSSR count). The zero-order chi connectivity index (χ0) is 19.4. The van der Waals surface area contributed by atoms with Crippen molar-refractivity contribution in [2.45, 2.75) is 25.4 Å². The number of para-hydroxylation sites is 1. The number of nitrogens with zero attached hydrogens (tertiary/aromatic N) is 1. The lowest BCUT2D eigenvalue weighted by Gasteiger charge is -2.18. The first-order valence-electron chi connectivity index (χ1n) is 8.48. The van der Waals surface area contributed by atoms with Crippen molar-refractivity contribution in [3.8, 4) is 0 Å². The fourth-order valence-electron chi connectivity index (χ4n) is 3.09. The second kappa shape index (κ2) is 7.86. The topological polar surface area (TPSA) is 30.0 Å². The highest BCUT2D eigenvalue weighted by molar-refractivity contribution is 5.85. The summed E-state index contributed by atoms with van der Waals surface area (Å²) in [6, 6.07) is 14.7. The van der Waals surface area contributed by atoms with E-state index >= 15 is 0 Å². The molecule has 2 nitrogen and oxygen atoms in total. The standard InChI is InChI=1S/C21H17F4NO/c22-18-8-4-7-16-10-15(13-26-20(16)18)11-19(27)17(12-21(23,24)25)9-14-5-2-1-3-6-14/h1-8,10,13,17H,9,11-12H2. The van der Waals surface area contributed by atoms with E-state index in [0.29, 0.717) is 16.5 Å². The number of pyridine rings is 1. The van der Waals surface area contributed by atoms with Crippen LogP contribution in [0.4, 0.5) is 17.6 Å². The first-order valence-corrected chi connectivity index (χ1v) is 8.48. The van der Waals surface area contributed by atoms with Crippen LogP contribution < -0.4 is 0 Å². The summed E-state index contributed by atoms with van der Waals surface area (Å²) in [5.41, 5.74) is 1.32. The third kappa shape index (κ3) is 5.12. The zero-order valence-corrected chi connectivity index (χ0v) is 14.3. The zero-order valence-electron chi connectivity index (χ0n) is 14.3. The molecule has 0 fully saturated rings. The number of aromatic nitrogens is 1. The molecular weight excluding hydrogens is 358 g/mol. The number of rotatable bonds is 6. The number of alkyl halides is 3. The second-order valence-corrected chi connectivity index (χ2v) is 6.50. The highest BCUT2D eigenvalue weighted by Crippen LogP contribution is 2.28. The fourth-order valence-corrected chi connectivity index (χ4v) is 3.09. The minimum atomic E-state index is -4.43. The summed E-state index contributed by atoms with van der Waals surface area (Å²) in [5, 5.41) is 0.510. The highest BCUT2D eigenvalue weighted by Gasteiger charge is 2.35. The number of halogens is 4. The van der Waals surface area contributed by atoms with Crippen LogP contribution in [0, 0.1) is 11.7 Å². The van der Waals surface area contributed by atoms with Crippen molar-refractivity contribution in [3.63, 3.8) is 0 Å². The Kier molecular flexibility index (Phi) is 5.54. The molecule has 1 unspecified atom stereocenters. The number of fused-ring (bicyclic) bond motifs is 1. The Morgan fingerprint density at radius 1 is 1.00 bits per heavy atom. The predicted molar refractivity (Wildman–Crippen MR) is 94.7 cm³/mol. The van der Waals surface area contributed by atoms with Gasteiger partial charge in [-0.15, -0.1) is 0 Å². The lowest BCUT2D eigenvalue weighted by molar-refractivity contribution is -0.153. The summed E-state index contributed by atoms with van der Waals surface area (Å²) in [4.78, 5) is 16.6. The first-order chi connectivity index (χ1) is 12.8. The lowest BCUT2D eigenvalue weighted by atomic mass is 9.89. The molecule has 1 atom stereocenters. The molecule has 27 heavy (non-hydrogen) atoms. The summed E-state index contributed by atoms with van der Waals surface area (Å²) in [5.74, 6) is -2.16. The molecule has 0 amide bonds. The summed E-state index contributed by atoms with van der Waals surface area (Å²) in [7, 11) is 0. The molecule has 0 aliphatic rings. The summed E-state index contributed by atoms with van der Waals surface area (Å²) in [6.45, 7) is 0. The summed E-state index contributed by atoms with van der Waals surface area (Å²) < 4.78 is 52.5. The molecule has 1 heterocycles. The third-order valence-electron chi connectivity index (χ3n) is 4.35. The number of Topliss-reactive ketones (excluding diaryl/α,β-unsaturated/α-hetero) is 1. The minimum absolute atomic E-state index is 0.0226. The molecule has 0 spiro atoms. The maximum absolute atomic E-state index is 13.7. The Morgan fingerprint density at radius 2 is 1.74 bits per heavy atom. The Bertz CT molecular complexity index is 938. The number of benzene rings is 2. The smallest absolute Gasteiger partial charge is 0.299 e. The van der Waals surface area contributed by atoms with E-state index in [9.17, 15) is 22.4 Å². The maximum atomic E-state index is 13.7. The Balaban J connectivity index is 1.81. The van der Waals surface area contributed by atoms with E-state index in [0.717, 1.165) is 0 Å². The SMILES string of the molecule is O=C(Cc1cnc2c(F)cccc2c1)C(Cc1ccccc1)CC(F)(F)F. The van der Waals surface area contributed by atoms with Gasteiger partial charge in [-0.25, -0.2) is 4.39 Å². The van der Waals surface area contributed by atoms with Crippen LogP contribution in [0.5, 0.6) is 0 Å². The third-order valence-corrected chi connectivity index (χ3v) is 4.35. The molecule has 0 saturated carbocycles. The molecule has 0 aliphatic heterocycles. The second-order valence-electron chi connectivity index (χ2n) is 6.50. The average Bonchev–Trinajstić information content (AvgIpc) is 2.61. The van der Waals surface area contributed by atoms with Crippen molar-refractivity contribution >= 4 is 16.7 Å². The normalized spacial score (nSPS) is 12.9. The van der Waals surface area contributed by atoms with Crippen molar-refractivity contribution in [3.05, 3.63) is 77.7 Å². The van der Waals surface area contributed by atoms with E-state index < -0.39 is 30.1 Å². The molecule has 0 radical (unpaired) electrons. The molecule has 2 aromatic carbocycles. The predicted octanol–water partition coefficient (Wildman–Crippen LogP) is 5.30. The molecule has 6 heteroatoms. The van der Waals surface area contributed by atoms with E-state index in [1.54, 1.807) is 42.5 Å². The van der Waals surface area contributed by atoms with Gasteiger partial charge in [0.05, 0.1) is 6.42 Å². The molecule has 3 aromatic rings. The largest absolute Gasteiger partial charge is 0.389 e. The van der Waals surface area contributed by atoms with Crippen LogP contribution in [-0.2, 0) is 17.6 Å². The van der Waals surface area contributed by atoms with E-state index in [1.807, 2.05) is 0 Å². The monoisotopic (exact) mass is 375 g/mol. The highest BCUT2D eigenvalue weighted by atomic mass is 19.4. The molecule has 0 saturated heterocycles. The Labute approximate surface area is 153 Å². The van der Waals surface area contributed by atoms with Crippen molar-refractivity contribution in [2.24, 2.45) is 5.92 Å². The molecule has 0 aliphatic carbocycles. The number of hydrogen-bond acceptors (Lipinski definition) is 2. The van der Waals surface area contributed by atoms with Crippen LogP contribution in [0.2, 0.25) is 0 Å². The van der Waals surface area contributed by atoms with Gasteiger partial charge in [0, 0.05) is 23.9 Å². The Morgan fingerprint density at radius 3 is 2.44 bits per heavy atom. The Hall–Kier alpha value is -2.76. The van der Waals surface area contributed by atoms with Gasteiger partial charge in [0.1, 0.15) is 17.1 Å². The number of carbonyl (C=O) groups is 1. The van der Waals surface area contributed by atoms with Gasteiger partial charge in [-0.2, -0.15) is 13.2 Å². The van der Waals surface area contributed by atoms with Crippen molar-refractivity contribution < 1.29 is 22.4 Å². The van der Waals surface area contributed by atoms with Gasteiger partial charge in [0.25, 0.3) is 0 Å². The van der Waals surface area contributed by atoms with Gasteiger partial charge in [0.2, 0.25) is 0 Å². The quantitative estimate of drug-likeness (QED) is 0.548. The number of carbonyl (C=O) groups excluding carboxylic acids is 1. The average molecular weight is 375 g/mol. The summed E-state index contributed by atoms with van der Waals surface area (Å²) >= 11 is 0. The maximum Gasteiger partial charge on any atom is 0.389 e. The minimum Gasteiger partial charge on any atom is -0.299 e. The van der Waals surface area contributed by atoms with E-state index in [1.165, 1.54) is 18.3 Å².